The zero-order valence-corrected chi connectivity index (χ0v) is 14.7. The molecule has 0 radical (unpaired) electrons. The summed E-state index contributed by atoms with van der Waals surface area (Å²) in [6.07, 6.45) is 2.26. The highest BCUT2D eigenvalue weighted by Crippen LogP contribution is 2.31. The second kappa shape index (κ2) is 7.24. The molecule has 0 spiro atoms. The van der Waals surface area contributed by atoms with Gasteiger partial charge in [-0.3, -0.25) is 4.98 Å². The van der Waals surface area contributed by atoms with Gasteiger partial charge in [0.1, 0.15) is 26.9 Å². The Morgan fingerprint density at radius 1 is 1.19 bits per heavy atom. The molecule has 2 heterocycles. The summed E-state index contributed by atoms with van der Waals surface area (Å²) in [7, 11) is -3.20. The summed E-state index contributed by atoms with van der Waals surface area (Å²) >= 11 is 0. The molecule has 2 atom stereocenters. The van der Waals surface area contributed by atoms with E-state index in [1.165, 1.54) is 24.5 Å². The molecular formula is C17H18N4O4S. The minimum absolute atomic E-state index is 0.0567. The third-order valence-electron chi connectivity index (χ3n) is 3.57. The zero-order valence-electron chi connectivity index (χ0n) is 13.9. The van der Waals surface area contributed by atoms with Crippen LogP contribution in [0.3, 0.4) is 0 Å². The van der Waals surface area contributed by atoms with E-state index < -0.39 is 16.0 Å². The molecule has 0 aliphatic rings. The Morgan fingerprint density at radius 2 is 1.88 bits per heavy atom. The predicted molar refractivity (Wildman–Crippen MR) is 96.5 cm³/mol. The van der Waals surface area contributed by atoms with Gasteiger partial charge in [0.25, 0.3) is 0 Å². The summed E-state index contributed by atoms with van der Waals surface area (Å²) < 4.78 is 28.6. The normalized spacial score (nSPS) is 14.7. The van der Waals surface area contributed by atoms with E-state index in [0.29, 0.717) is 22.4 Å². The van der Waals surface area contributed by atoms with Gasteiger partial charge in [-0.1, -0.05) is 0 Å². The number of aliphatic hydroxyl groups excluding tert-OH is 1. The second-order valence-electron chi connectivity index (χ2n) is 5.67. The van der Waals surface area contributed by atoms with Gasteiger partial charge in [0, 0.05) is 18.9 Å². The van der Waals surface area contributed by atoms with Gasteiger partial charge in [0.05, 0.1) is 16.4 Å². The van der Waals surface area contributed by atoms with Crippen LogP contribution in [0.25, 0.3) is 10.9 Å². The molecular weight excluding hydrogens is 356 g/mol. The van der Waals surface area contributed by atoms with E-state index in [1.807, 2.05) is 0 Å². The van der Waals surface area contributed by atoms with Crippen LogP contribution in [0.15, 0.2) is 53.7 Å². The van der Waals surface area contributed by atoms with Gasteiger partial charge >= 0.3 is 0 Å². The molecule has 0 saturated heterocycles. The Hall–Kier alpha value is -2.75. The quantitative estimate of drug-likeness (QED) is 0.524. The van der Waals surface area contributed by atoms with E-state index in [0.717, 1.165) is 0 Å². The van der Waals surface area contributed by atoms with Crippen LogP contribution in [0.2, 0.25) is 0 Å². The SMILES string of the molecule is C[C@@H](O)CNS(=N)(=O)c1ccc(Oc2ccnc3c(O)nccc23)cc1. The summed E-state index contributed by atoms with van der Waals surface area (Å²) in [5.41, 5.74) is 0.332. The average Bonchev–Trinajstić information content (AvgIpc) is 2.62. The summed E-state index contributed by atoms with van der Waals surface area (Å²) in [6, 6.07) is 9.60. The molecule has 3 aromatic rings. The Balaban J connectivity index is 1.84. The van der Waals surface area contributed by atoms with Crippen molar-refractivity contribution in [2.45, 2.75) is 17.9 Å². The van der Waals surface area contributed by atoms with Crippen molar-refractivity contribution in [1.29, 1.82) is 4.78 Å². The number of ether oxygens (including phenoxy) is 1. The van der Waals surface area contributed by atoms with Gasteiger partial charge in [-0.2, -0.15) is 0 Å². The average molecular weight is 374 g/mol. The summed E-state index contributed by atoms with van der Waals surface area (Å²) in [5, 5.41) is 19.6. The highest BCUT2D eigenvalue weighted by Gasteiger charge is 2.12. The van der Waals surface area contributed by atoms with Crippen molar-refractivity contribution in [2.24, 2.45) is 0 Å². The number of aromatic hydroxyl groups is 1. The van der Waals surface area contributed by atoms with Crippen LogP contribution >= 0.6 is 0 Å². The molecule has 1 unspecified atom stereocenters. The molecule has 0 bridgehead atoms. The van der Waals surface area contributed by atoms with Gasteiger partial charge in [-0.15, -0.1) is 0 Å². The van der Waals surface area contributed by atoms with Gasteiger partial charge in [-0.25, -0.2) is 18.7 Å². The van der Waals surface area contributed by atoms with Crippen molar-refractivity contribution in [2.75, 3.05) is 6.54 Å². The molecule has 0 fully saturated rings. The van der Waals surface area contributed by atoms with Crippen LogP contribution in [-0.4, -0.2) is 37.0 Å². The Labute approximate surface area is 150 Å². The van der Waals surface area contributed by atoms with Crippen molar-refractivity contribution in [1.82, 2.24) is 14.7 Å². The molecule has 136 valence electrons. The van der Waals surface area contributed by atoms with E-state index in [1.54, 1.807) is 31.2 Å². The summed E-state index contributed by atoms with van der Waals surface area (Å²) in [4.78, 5) is 8.15. The number of fused-ring (bicyclic) bond motifs is 1. The van der Waals surface area contributed by atoms with Crippen LogP contribution in [0.4, 0.5) is 0 Å². The van der Waals surface area contributed by atoms with Crippen molar-refractivity contribution in [3.8, 4) is 17.4 Å². The first-order chi connectivity index (χ1) is 12.4. The fourth-order valence-electron chi connectivity index (χ4n) is 2.27. The maximum atomic E-state index is 12.3. The maximum Gasteiger partial charge on any atom is 0.238 e. The van der Waals surface area contributed by atoms with Crippen LogP contribution in [0.5, 0.6) is 17.4 Å². The van der Waals surface area contributed by atoms with Gasteiger partial charge in [0.2, 0.25) is 5.88 Å². The highest BCUT2D eigenvalue weighted by atomic mass is 32.2. The Bertz CT molecular complexity index is 1020. The van der Waals surface area contributed by atoms with E-state index in [-0.39, 0.29) is 17.3 Å². The monoisotopic (exact) mass is 374 g/mol. The molecule has 3 rings (SSSR count). The second-order valence-corrected chi connectivity index (χ2v) is 7.54. The van der Waals surface area contributed by atoms with Crippen LogP contribution in [0, 0.1) is 4.78 Å². The number of rotatable bonds is 6. The van der Waals surface area contributed by atoms with Crippen molar-refractivity contribution in [3.05, 3.63) is 48.8 Å². The van der Waals surface area contributed by atoms with E-state index in [2.05, 4.69) is 14.7 Å². The topological polar surface area (TPSA) is 128 Å². The number of nitrogens with one attached hydrogen (secondary N) is 2. The van der Waals surface area contributed by atoms with Crippen molar-refractivity contribution in [3.63, 3.8) is 0 Å². The molecule has 0 aliphatic carbocycles. The number of aliphatic hydroxyl groups is 1. The Kier molecular flexibility index (Phi) is 5.03. The molecule has 9 heteroatoms. The minimum Gasteiger partial charge on any atom is -0.492 e. The van der Waals surface area contributed by atoms with Crippen molar-refractivity contribution < 1.29 is 19.2 Å². The number of pyridine rings is 2. The first kappa shape index (κ1) is 18.1. The van der Waals surface area contributed by atoms with Gasteiger partial charge in [-0.05, 0) is 43.3 Å². The highest BCUT2D eigenvalue weighted by molar-refractivity contribution is 7.90. The Morgan fingerprint density at radius 3 is 2.58 bits per heavy atom. The lowest BCUT2D eigenvalue weighted by Gasteiger charge is -2.12. The van der Waals surface area contributed by atoms with E-state index in [9.17, 15) is 14.4 Å². The van der Waals surface area contributed by atoms with Gasteiger partial charge in [0.15, 0.2) is 0 Å². The summed E-state index contributed by atoms with van der Waals surface area (Å²) in [6.45, 7) is 1.60. The number of benzene rings is 1. The summed E-state index contributed by atoms with van der Waals surface area (Å²) in [5.74, 6) is 0.781. The molecule has 0 aliphatic heterocycles. The third kappa shape index (κ3) is 3.90. The standard InChI is InChI=1S/C17H18N4O4S/c1-11(22)10-21-26(18,24)13-4-2-12(3-5-13)25-15-7-9-19-16-14(15)6-8-20-17(16)23/h2-9,11,22H,10H2,1H3,(H,20,23)(H2,18,21,24)/t11-,26?/m1/s1. The number of hydrogen-bond acceptors (Lipinski definition) is 7. The van der Waals surface area contributed by atoms with Gasteiger partial charge < -0.3 is 14.9 Å². The fraction of sp³-hybridized carbons (Fsp3) is 0.176. The first-order valence-corrected chi connectivity index (χ1v) is 9.35. The smallest absolute Gasteiger partial charge is 0.238 e. The fourth-order valence-corrected chi connectivity index (χ4v) is 3.44. The molecule has 1 aromatic carbocycles. The molecule has 0 saturated carbocycles. The number of aromatic nitrogens is 2. The van der Waals surface area contributed by atoms with Crippen LogP contribution in [-0.2, 0) is 9.92 Å². The molecule has 26 heavy (non-hydrogen) atoms. The first-order valence-electron chi connectivity index (χ1n) is 7.79. The number of nitrogens with zero attached hydrogens (tertiary/aromatic N) is 2. The van der Waals surface area contributed by atoms with Crippen LogP contribution in [0.1, 0.15) is 6.92 Å². The van der Waals surface area contributed by atoms with Crippen LogP contribution < -0.4 is 9.46 Å². The number of hydrogen-bond donors (Lipinski definition) is 4. The lowest BCUT2D eigenvalue weighted by molar-refractivity contribution is 0.199. The maximum absolute atomic E-state index is 12.3. The predicted octanol–water partition coefficient (Wildman–Crippen LogP) is 2.42. The minimum atomic E-state index is -3.20. The van der Waals surface area contributed by atoms with E-state index in [4.69, 9.17) is 9.52 Å². The third-order valence-corrected chi connectivity index (χ3v) is 5.07. The van der Waals surface area contributed by atoms with E-state index >= 15 is 0 Å². The molecule has 0 amide bonds. The lowest BCUT2D eigenvalue weighted by atomic mass is 10.2. The zero-order chi connectivity index (χ0) is 18.7. The lowest BCUT2D eigenvalue weighted by Crippen LogP contribution is -2.29. The largest absolute Gasteiger partial charge is 0.492 e. The molecule has 8 nitrogen and oxygen atoms in total. The molecule has 4 N–H and O–H groups in total. The van der Waals surface area contributed by atoms with Crippen molar-refractivity contribution >= 4 is 20.8 Å². The molecule has 2 aromatic heterocycles.